The van der Waals surface area contributed by atoms with Gasteiger partial charge in [-0.15, -0.1) is 0 Å². The number of aliphatic imine (C=N–C) groups is 1. The van der Waals surface area contributed by atoms with Crippen molar-refractivity contribution in [3.05, 3.63) is 35.4 Å². The lowest BCUT2D eigenvalue weighted by molar-refractivity contribution is 0.287. The van der Waals surface area contributed by atoms with Crippen LogP contribution in [0.4, 0.5) is 0 Å². The molecule has 22 heavy (non-hydrogen) atoms. The number of aryl methyl sites for hydroxylation is 1. The highest BCUT2D eigenvalue weighted by atomic mass is 15.2. The van der Waals surface area contributed by atoms with E-state index in [0.29, 0.717) is 5.92 Å². The minimum Gasteiger partial charge on any atom is -0.356 e. The Morgan fingerprint density at radius 2 is 1.95 bits per heavy atom. The third-order valence-electron chi connectivity index (χ3n) is 4.32. The SMILES string of the molecule is CN=C(NCc1ccccc1C)NCC(C)CN1CCCC1. The molecule has 1 aliphatic rings. The second-order valence-corrected chi connectivity index (χ2v) is 6.35. The fourth-order valence-corrected chi connectivity index (χ4v) is 2.95. The number of likely N-dealkylation sites (tertiary alicyclic amines) is 1. The van der Waals surface area contributed by atoms with Gasteiger partial charge in [0.2, 0.25) is 0 Å². The molecule has 0 spiro atoms. The van der Waals surface area contributed by atoms with Crippen LogP contribution in [-0.4, -0.2) is 44.1 Å². The second kappa shape index (κ2) is 8.79. The zero-order chi connectivity index (χ0) is 15.8. The Morgan fingerprint density at radius 1 is 1.23 bits per heavy atom. The summed E-state index contributed by atoms with van der Waals surface area (Å²) in [4.78, 5) is 6.88. The number of hydrogen-bond acceptors (Lipinski definition) is 2. The number of benzene rings is 1. The molecule has 1 aliphatic heterocycles. The molecule has 4 nitrogen and oxygen atoms in total. The van der Waals surface area contributed by atoms with Crippen molar-refractivity contribution < 1.29 is 0 Å². The van der Waals surface area contributed by atoms with E-state index in [9.17, 15) is 0 Å². The van der Waals surface area contributed by atoms with Crippen molar-refractivity contribution in [2.75, 3.05) is 33.2 Å². The van der Waals surface area contributed by atoms with Crippen molar-refractivity contribution in [2.24, 2.45) is 10.9 Å². The van der Waals surface area contributed by atoms with Crippen LogP contribution in [0, 0.1) is 12.8 Å². The first-order chi connectivity index (χ1) is 10.7. The van der Waals surface area contributed by atoms with Gasteiger partial charge in [0.25, 0.3) is 0 Å². The van der Waals surface area contributed by atoms with Crippen molar-refractivity contribution in [1.82, 2.24) is 15.5 Å². The van der Waals surface area contributed by atoms with Crippen LogP contribution in [0.1, 0.15) is 30.9 Å². The van der Waals surface area contributed by atoms with Gasteiger partial charge in [-0.1, -0.05) is 31.2 Å². The molecule has 0 saturated carbocycles. The van der Waals surface area contributed by atoms with Gasteiger partial charge in [-0.2, -0.15) is 0 Å². The Bertz CT molecular complexity index is 478. The first kappa shape index (κ1) is 16.8. The number of hydrogen-bond donors (Lipinski definition) is 2. The lowest BCUT2D eigenvalue weighted by atomic mass is 10.1. The number of rotatable bonds is 6. The Balaban J connectivity index is 1.71. The Kier molecular flexibility index (Phi) is 6.72. The molecule has 122 valence electrons. The summed E-state index contributed by atoms with van der Waals surface area (Å²) in [6.45, 7) is 9.94. The third kappa shape index (κ3) is 5.34. The maximum absolute atomic E-state index is 4.32. The number of guanidine groups is 1. The zero-order valence-electron chi connectivity index (χ0n) is 14.2. The van der Waals surface area contributed by atoms with E-state index in [-0.39, 0.29) is 0 Å². The number of nitrogens with zero attached hydrogens (tertiary/aromatic N) is 2. The highest BCUT2D eigenvalue weighted by molar-refractivity contribution is 5.79. The van der Waals surface area contributed by atoms with Crippen LogP contribution in [0.15, 0.2) is 29.3 Å². The lowest BCUT2D eigenvalue weighted by Gasteiger charge is -2.21. The Labute approximate surface area is 135 Å². The fourth-order valence-electron chi connectivity index (χ4n) is 2.95. The first-order valence-electron chi connectivity index (χ1n) is 8.40. The molecule has 1 fully saturated rings. The minimum absolute atomic E-state index is 0.634. The average Bonchev–Trinajstić information content (AvgIpc) is 3.02. The van der Waals surface area contributed by atoms with Gasteiger partial charge in [-0.25, -0.2) is 0 Å². The summed E-state index contributed by atoms with van der Waals surface area (Å²) in [5.41, 5.74) is 2.63. The molecule has 4 heteroatoms. The van der Waals surface area contributed by atoms with E-state index in [1.165, 1.54) is 43.6 Å². The molecule has 1 atom stereocenters. The predicted molar refractivity (Wildman–Crippen MR) is 94.2 cm³/mol. The van der Waals surface area contributed by atoms with Crippen molar-refractivity contribution in [3.8, 4) is 0 Å². The Hall–Kier alpha value is -1.55. The quantitative estimate of drug-likeness (QED) is 0.626. The van der Waals surface area contributed by atoms with Gasteiger partial charge in [-0.05, 0) is 49.9 Å². The van der Waals surface area contributed by atoms with Crippen molar-refractivity contribution in [3.63, 3.8) is 0 Å². The van der Waals surface area contributed by atoms with E-state index in [0.717, 1.165) is 19.0 Å². The maximum atomic E-state index is 4.32. The van der Waals surface area contributed by atoms with E-state index in [1.54, 1.807) is 0 Å². The van der Waals surface area contributed by atoms with Gasteiger partial charge in [0.15, 0.2) is 5.96 Å². The molecule has 0 amide bonds. The van der Waals surface area contributed by atoms with Crippen molar-refractivity contribution in [1.29, 1.82) is 0 Å². The van der Waals surface area contributed by atoms with Crippen LogP contribution in [-0.2, 0) is 6.54 Å². The number of nitrogens with one attached hydrogen (secondary N) is 2. The third-order valence-corrected chi connectivity index (χ3v) is 4.32. The standard InChI is InChI=1S/C18H30N4/c1-15(14-22-10-6-7-11-22)12-20-18(19-3)21-13-17-9-5-4-8-16(17)2/h4-5,8-9,15H,6-7,10-14H2,1-3H3,(H2,19,20,21). The highest BCUT2D eigenvalue weighted by Gasteiger charge is 2.14. The van der Waals surface area contributed by atoms with Crippen molar-refractivity contribution >= 4 is 5.96 Å². The summed E-state index contributed by atoms with van der Waals surface area (Å²) in [5, 5.41) is 6.85. The molecule has 1 unspecified atom stereocenters. The van der Waals surface area contributed by atoms with Gasteiger partial charge >= 0.3 is 0 Å². The molecule has 1 saturated heterocycles. The van der Waals surface area contributed by atoms with Gasteiger partial charge in [0.1, 0.15) is 0 Å². The summed E-state index contributed by atoms with van der Waals surface area (Å²) in [5.74, 6) is 1.52. The van der Waals surface area contributed by atoms with Crippen LogP contribution in [0.2, 0.25) is 0 Å². The van der Waals surface area contributed by atoms with E-state index in [4.69, 9.17) is 0 Å². The normalized spacial score (nSPS) is 17.5. The molecular formula is C18H30N4. The molecule has 0 bridgehead atoms. The molecule has 2 N–H and O–H groups in total. The smallest absolute Gasteiger partial charge is 0.191 e. The molecule has 1 aromatic carbocycles. The molecule has 0 aromatic heterocycles. The average molecular weight is 302 g/mol. The second-order valence-electron chi connectivity index (χ2n) is 6.35. The molecule has 0 aliphatic carbocycles. The molecule has 0 radical (unpaired) electrons. The minimum atomic E-state index is 0.634. The summed E-state index contributed by atoms with van der Waals surface area (Å²) in [6, 6.07) is 8.46. The van der Waals surface area contributed by atoms with Crippen LogP contribution in [0.25, 0.3) is 0 Å². The zero-order valence-corrected chi connectivity index (χ0v) is 14.2. The fraction of sp³-hybridized carbons (Fsp3) is 0.611. The van der Waals surface area contributed by atoms with E-state index in [2.05, 4.69) is 58.6 Å². The van der Waals surface area contributed by atoms with Crippen LogP contribution in [0.5, 0.6) is 0 Å². The summed E-state index contributed by atoms with van der Waals surface area (Å²) >= 11 is 0. The van der Waals surface area contributed by atoms with Gasteiger partial charge < -0.3 is 15.5 Å². The summed E-state index contributed by atoms with van der Waals surface area (Å²) in [6.07, 6.45) is 2.72. The largest absolute Gasteiger partial charge is 0.356 e. The molecule has 2 rings (SSSR count). The maximum Gasteiger partial charge on any atom is 0.191 e. The van der Waals surface area contributed by atoms with Crippen LogP contribution < -0.4 is 10.6 Å². The first-order valence-corrected chi connectivity index (χ1v) is 8.40. The summed E-state index contributed by atoms with van der Waals surface area (Å²) in [7, 11) is 1.83. The van der Waals surface area contributed by atoms with Crippen LogP contribution in [0.3, 0.4) is 0 Å². The monoisotopic (exact) mass is 302 g/mol. The van der Waals surface area contributed by atoms with E-state index >= 15 is 0 Å². The molecule has 1 heterocycles. The van der Waals surface area contributed by atoms with Gasteiger partial charge in [0, 0.05) is 26.7 Å². The topological polar surface area (TPSA) is 39.7 Å². The van der Waals surface area contributed by atoms with Crippen LogP contribution >= 0.6 is 0 Å². The van der Waals surface area contributed by atoms with Crippen molar-refractivity contribution in [2.45, 2.75) is 33.2 Å². The van der Waals surface area contributed by atoms with E-state index < -0.39 is 0 Å². The molecular weight excluding hydrogens is 272 g/mol. The van der Waals surface area contributed by atoms with Gasteiger partial charge in [0.05, 0.1) is 0 Å². The lowest BCUT2D eigenvalue weighted by Crippen LogP contribution is -2.41. The van der Waals surface area contributed by atoms with E-state index in [1.807, 2.05) is 7.05 Å². The van der Waals surface area contributed by atoms with Gasteiger partial charge in [-0.3, -0.25) is 4.99 Å². The summed E-state index contributed by atoms with van der Waals surface area (Å²) < 4.78 is 0. The predicted octanol–water partition coefficient (Wildman–Crippen LogP) is 2.39. The molecule has 1 aromatic rings. The Morgan fingerprint density at radius 3 is 2.64 bits per heavy atom. The highest BCUT2D eigenvalue weighted by Crippen LogP contribution is 2.09.